The topological polar surface area (TPSA) is 52.6 Å². The van der Waals surface area contributed by atoms with Crippen molar-refractivity contribution in [3.63, 3.8) is 0 Å². The molecule has 4 nitrogen and oxygen atoms in total. The summed E-state index contributed by atoms with van der Waals surface area (Å²) in [5.41, 5.74) is 1.94. The third-order valence-electron chi connectivity index (χ3n) is 3.03. The second kappa shape index (κ2) is 5.54. The second-order valence-corrected chi connectivity index (χ2v) is 6.01. The van der Waals surface area contributed by atoms with Crippen molar-refractivity contribution in [3.8, 4) is 11.5 Å². The van der Waals surface area contributed by atoms with E-state index in [0.717, 1.165) is 11.1 Å². The minimum Gasteiger partial charge on any atom is -0.497 e. The van der Waals surface area contributed by atoms with Gasteiger partial charge in [0.05, 0.1) is 7.11 Å². The first-order chi connectivity index (χ1) is 9.42. The van der Waals surface area contributed by atoms with E-state index >= 15 is 0 Å². The zero-order chi connectivity index (χ0) is 14.8. The Labute approximate surface area is 119 Å². The van der Waals surface area contributed by atoms with Crippen molar-refractivity contribution in [2.24, 2.45) is 0 Å². The van der Waals surface area contributed by atoms with E-state index in [4.69, 9.17) is 8.92 Å². The van der Waals surface area contributed by atoms with Crippen LogP contribution in [0.25, 0.3) is 0 Å². The van der Waals surface area contributed by atoms with E-state index in [1.807, 2.05) is 13.8 Å². The van der Waals surface area contributed by atoms with Crippen molar-refractivity contribution in [2.75, 3.05) is 7.11 Å². The van der Waals surface area contributed by atoms with Crippen LogP contribution in [0, 0.1) is 13.8 Å². The summed E-state index contributed by atoms with van der Waals surface area (Å²) in [5.74, 6) is 0.893. The third-order valence-corrected chi connectivity index (χ3v) is 4.28. The molecule has 0 aliphatic heterocycles. The highest BCUT2D eigenvalue weighted by molar-refractivity contribution is 7.87. The van der Waals surface area contributed by atoms with Gasteiger partial charge in [0.2, 0.25) is 0 Å². The lowest BCUT2D eigenvalue weighted by molar-refractivity contribution is 0.413. The van der Waals surface area contributed by atoms with Crippen LogP contribution in [-0.2, 0) is 10.1 Å². The molecule has 0 unspecified atom stereocenters. The van der Waals surface area contributed by atoms with Crippen LogP contribution < -0.4 is 8.92 Å². The maximum Gasteiger partial charge on any atom is 0.339 e. The molecule has 0 bridgehead atoms. The molecule has 0 radical (unpaired) electrons. The molecule has 0 fully saturated rings. The minimum atomic E-state index is -3.81. The van der Waals surface area contributed by atoms with Gasteiger partial charge >= 0.3 is 10.1 Å². The molecule has 0 amide bonds. The van der Waals surface area contributed by atoms with Gasteiger partial charge in [0.15, 0.2) is 0 Å². The Morgan fingerprint density at radius 1 is 0.850 bits per heavy atom. The van der Waals surface area contributed by atoms with Gasteiger partial charge in [-0.1, -0.05) is 6.07 Å². The Hall–Kier alpha value is -2.01. The first-order valence-corrected chi connectivity index (χ1v) is 7.49. The third kappa shape index (κ3) is 3.11. The van der Waals surface area contributed by atoms with E-state index in [-0.39, 0.29) is 10.6 Å². The fourth-order valence-electron chi connectivity index (χ4n) is 1.68. The second-order valence-electron chi connectivity index (χ2n) is 4.46. The quantitative estimate of drug-likeness (QED) is 0.813. The molecule has 106 valence electrons. The van der Waals surface area contributed by atoms with E-state index in [1.54, 1.807) is 49.6 Å². The molecule has 0 aliphatic rings. The average Bonchev–Trinajstić information content (AvgIpc) is 2.42. The van der Waals surface area contributed by atoms with Crippen LogP contribution in [0.3, 0.4) is 0 Å². The molecule has 0 spiro atoms. The maximum absolute atomic E-state index is 12.2. The van der Waals surface area contributed by atoms with E-state index in [0.29, 0.717) is 5.75 Å². The predicted octanol–water partition coefficient (Wildman–Crippen LogP) is 3.08. The lowest BCUT2D eigenvalue weighted by Gasteiger charge is -2.09. The maximum atomic E-state index is 12.2. The molecule has 0 saturated heterocycles. The Morgan fingerprint density at radius 2 is 1.45 bits per heavy atom. The molecule has 0 heterocycles. The summed E-state index contributed by atoms with van der Waals surface area (Å²) in [4.78, 5) is 0.149. The lowest BCUT2D eigenvalue weighted by atomic mass is 10.1. The van der Waals surface area contributed by atoms with Gasteiger partial charge in [-0.15, -0.1) is 0 Å². The molecule has 2 aromatic rings. The molecular formula is C15H16O4S. The number of ether oxygens (including phenoxy) is 1. The summed E-state index contributed by atoms with van der Waals surface area (Å²) >= 11 is 0. The molecular weight excluding hydrogens is 276 g/mol. The van der Waals surface area contributed by atoms with E-state index < -0.39 is 10.1 Å². The van der Waals surface area contributed by atoms with Gasteiger partial charge < -0.3 is 8.92 Å². The number of benzene rings is 2. The number of hydrogen-bond donors (Lipinski definition) is 0. The Bertz CT molecular complexity index is 703. The van der Waals surface area contributed by atoms with Crippen molar-refractivity contribution in [1.29, 1.82) is 0 Å². The van der Waals surface area contributed by atoms with Crippen molar-refractivity contribution < 1.29 is 17.3 Å². The summed E-state index contributed by atoms with van der Waals surface area (Å²) in [7, 11) is -2.27. The largest absolute Gasteiger partial charge is 0.497 e. The number of hydrogen-bond acceptors (Lipinski definition) is 4. The van der Waals surface area contributed by atoms with Crippen molar-refractivity contribution >= 4 is 10.1 Å². The van der Waals surface area contributed by atoms with Crippen LogP contribution in [0.5, 0.6) is 11.5 Å². The van der Waals surface area contributed by atoms with Gasteiger partial charge in [-0.05, 0) is 61.4 Å². The Morgan fingerprint density at radius 3 is 2.00 bits per heavy atom. The highest BCUT2D eigenvalue weighted by Gasteiger charge is 2.17. The fourth-order valence-corrected chi connectivity index (χ4v) is 2.69. The van der Waals surface area contributed by atoms with Gasteiger partial charge in [-0.2, -0.15) is 8.42 Å². The van der Waals surface area contributed by atoms with E-state index in [2.05, 4.69) is 0 Å². The van der Waals surface area contributed by atoms with E-state index in [9.17, 15) is 8.42 Å². The van der Waals surface area contributed by atoms with Crippen molar-refractivity contribution in [3.05, 3.63) is 53.6 Å². The van der Waals surface area contributed by atoms with E-state index in [1.165, 1.54) is 0 Å². The standard InChI is InChI=1S/C15H16O4S/c1-11-4-9-15(10-12(11)2)20(16,17)19-14-7-5-13(18-3)6-8-14/h4-10H,1-3H3. The molecule has 0 aromatic heterocycles. The van der Waals surface area contributed by atoms with Crippen LogP contribution in [0.15, 0.2) is 47.4 Å². The number of methoxy groups -OCH3 is 1. The van der Waals surface area contributed by atoms with Gasteiger partial charge in [0, 0.05) is 0 Å². The molecule has 2 aromatic carbocycles. The molecule has 0 aliphatic carbocycles. The highest BCUT2D eigenvalue weighted by Crippen LogP contribution is 2.22. The summed E-state index contributed by atoms with van der Waals surface area (Å²) in [6.45, 7) is 3.79. The molecule has 5 heteroatoms. The summed E-state index contributed by atoms with van der Waals surface area (Å²) < 4.78 is 34.4. The van der Waals surface area contributed by atoms with Gasteiger partial charge in [-0.25, -0.2) is 0 Å². The average molecular weight is 292 g/mol. The van der Waals surface area contributed by atoms with Crippen molar-refractivity contribution in [2.45, 2.75) is 18.7 Å². The zero-order valence-electron chi connectivity index (χ0n) is 11.6. The van der Waals surface area contributed by atoms with Gasteiger partial charge in [0.1, 0.15) is 16.4 Å². The summed E-state index contributed by atoms with van der Waals surface area (Å²) in [6, 6.07) is 11.3. The van der Waals surface area contributed by atoms with Crippen molar-refractivity contribution in [1.82, 2.24) is 0 Å². The molecule has 0 N–H and O–H groups in total. The first-order valence-electron chi connectivity index (χ1n) is 6.08. The normalized spacial score (nSPS) is 11.2. The van der Waals surface area contributed by atoms with Crippen LogP contribution in [0.1, 0.15) is 11.1 Å². The number of aryl methyl sites for hydroxylation is 2. The lowest BCUT2D eigenvalue weighted by Crippen LogP contribution is -2.10. The van der Waals surface area contributed by atoms with Crippen LogP contribution >= 0.6 is 0 Å². The zero-order valence-corrected chi connectivity index (χ0v) is 12.4. The Balaban J connectivity index is 2.27. The SMILES string of the molecule is COc1ccc(OS(=O)(=O)c2ccc(C)c(C)c2)cc1. The van der Waals surface area contributed by atoms with Gasteiger partial charge in [-0.3, -0.25) is 0 Å². The molecule has 0 saturated carbocycles. The molecule has 2 rings (SSSR count). The minimum absolute atomic E-state index is 0.149. The first kappa shape index (κ1) is 14.4. The smallest absolute Gasteiger partial charge is 0.339 e. The monoisotopic (exact) mass is 292 g/mol. The van der Waals surface area contributed by atoms with Crippen LogP contribution in [-0.4, -0.2) is 15.5 Å². The van der Waals surface area contributed by atoms with Crippen LogP contribution in [0.2, 0.25) is 0 Å². The number of rotatable bonds is 4. The van der Waals surface area contributed by atoms with Gasteiger partial charge in [0.25, 0.3) is 0 Å². The van der Waals surface area contributed by atoms with Crippen LogP contribution in [0.4, 0.5) is 0 Å². The summed E-state index contributed by atoms with van der Waals surface area (Å²) in [6.07, 6.45) is 0. The molecule has 0 atom stereocenters. The molecule has 20 heavy (non-hydrogen) atoms. The highest BCUT2D eigenvalue weighted by atomic mass is 32.2. The predicted molar refractivity (Wildman–Crippen MR) is 76.7 cm³/mol. The Kier molecular flexibility index (Phi) is 3.99. The summed E-state index contributed by atoms with van der Waals surface area (Å²) in [5, 5.41) is 0. The fraction of sp³-hybridized carbons (Fsp3) is 0.200.